The van der Waals surface area contributed by atoms with E-state index in [1.54, 1.807) is 0 Å². The summed E-state index contributed by atoms with van der Waals surface area (Å²) in [6, 6.07) is 4.25. The number of aliphatic hydroxyl groups excluding tert-OH is 3. The van der Waals surface area contributed by atoms with Crippen LogP contribution in [0.2, 0.25) is 0 Å². The summed E-state index contributed by atoms with van der Waals surface area (Å²) in [4.78, 5) is 0. The van der Waals surface area contributed by atoms with Gasteiger partial charge in [-0.2, -0.15) is 0 Å². The maximum Gasteiger partial charge on any atom is 0.160 e. The van der Waals surface area contributed by atoms with E-state index in [0.29, 0.717) is 5.56 Å². The summed E-state index contributed by atoms with van der Waals surface area (Å²) in [5, 5.41) is 36.8. The van der Waals surface area contributed by atoms with E-state index in [9.17, 15) is 15.3 Å². The van der Waals surface area contributed by atoms with E-state index in [1.165, 1.54) is 25.3 Å². The number of hydrogen-bond acceptors (Lipinski definition) is 5. The van der Waals surface area contributed by atoms with Crippen LogP contribution in [0.1, 0.15) is 11.7 Å². The monoisotopic (exact) mass is 214 g/mol. The van der Waals surface area contributed by atoms with Crippen molar-refractivity contribution < 1.29 is 25.2 Å². The standard InChI is InChI=1S/C10H14O5/c1-15-9-3-2-6(4-7(9)12)10(14)8(13)5-11/h2-4,8,10-14H,5H2,1H3. The lowest BCUT2D eigenvalue weighted by atomic mass is 10.0. The molecule has 5 heteroatoms. The normalized spacial score (nSPS) is 14.7. The van der Waals surface area contributed by atoms with Crippen LogP contribution >= 0.6 is 0 Å². The largest absolute Gasteiger partial charge is 0.504 e. The number of methoxy groups -OCH3 is 1. The van der Waals surface area contributed by atoms with Gasteiger partial charge in [0.1, 0.15) is 12.2 Å². The second-order valence-electron chi connectivity index (χ2n) is 3.13. The van der Waals surface area contributed by atoms with E-state index in [4.69, 9.17) is 9.84 Å². The maximum atomic E-state index is 9.52. The molecule has 0 radical (unpaired) electrons. The number of ether oxygens (including phenoxy) is 1. The van der Waals surface area contributed by atoms with E-state index in [0.717, 1.165) is 0 Å². The zero-order chi connectivity index (χ0) is 11.4. The van der Waals surface area contributed by atoms with Gasteiger partial charge in [0.05, 0.1) is 13.7 Å². The summed E-state index contributed by atoms with van der Waals surface area (Å²) in [5.41, 5.74) is 0.315. The molecule has 0 aliphatic heterocycles. The lowest BCUT2D eigenvalue weighted by molar-refractivity contribution is -0.0153. The van der Waals surface area contributed by atoms with Crippen molar-refractivity contribution in [1.29, 1.82) is 0 Å². The van der Waals surface area contributed by atoms with Gasteiger partial charge in [-0.3, -0.25) is 0 Å². The molecule has 5 nitrogen and oxygen atoms in total. The first-order valence-corrected chi connectivity index (χ1v) is 4.44. The van der Waals surface area contributed by atoms with Crippen molar-refractivity contribution in [3.05, 3.63) is 23.8 Å². The van der Waals surface area contributed by atoms with Gasteiger partial charge in [0, 0.05) is 0 Å². The molecule has 2 atom stereocenters. The highest BCUT2D eigenvalue weighted by molar-refractivity contribution is 5.42. The third kappa shape index (κ3) is 2.59. The molecule has 0 fully saturated rings. The van der Waals surface area contributed by atoms with Gasteiger partial charge >= 0.3 is 0 Å². The predicted molar refractivity (Wildman–Crippen MR) is 52.7 cm³/mol. The fraction of sp³-hybridized carbons (Fsp3) is 0.400. The summed E-state index contributed by atoms with van der Waals surface area (Å²) in [5.74, 6) is 0.156. The van der Waals surface area contributed by atoms with Gasteiger partial charge in [0.25, 0.3) is 0 Å². The van der Waals surface area contributed by atoms with Crippen LogP contribution in [0.25, 0.3) is 0 Å². The van der Waals surface area contributed by atoms with Gasteiger partial charge in [0.15, 0.2) is 11.5 Å². The molecule has 2 unspecified atom stereocenters. The zero-order valence-electron chi connectivity index (χ0n) is 8.29. The number of hydrogen-bond donors (Lipinski definition) is 4. The Hall–Kier alpha value is -1.30. The third-order valence-corrected chi connectivity index (χ3v) is 2.10. The first-order chi connectivity index (χ1) is 7.10. The SMILES string of the molecule is COc1ccc(C(O)C(O)CO)cc1O. The molecule has 0 aliphatic carbocycles. The number of phenolic OH excluding ortho intramolecular Hbond substituents is 1. The Morgan fingerprint density at radius 3 is 2.47 bits per heavy atom. The summed E-state index contributed by atoms with van der Waals surface area (Å²) >= 11 is 0. The molecule has 0 heterocycles. The molecule has 0 saturated carbocycles. The Bertz CT molecular complexity index is 326. The summed E-state index contributed by atoms with van der Waals surface area (Å²) < 4.78 is 4.82. The molecule has 0 aliphatic rings. The number of phenols is 1. The molecule has 84 valence electrons. The van der Waals surface area contributed by atoms with Crippen molar-refractivity contribution >= 4 is 0 Å². The minimum absolute atomic E-state index is 0.126. The molecule has 0 saturated heterocycles. The van der Waals surface area contributed by atoms with E-state index in [2.05, 4.69) is 0 Å². The topological polar surface area (TPSA) is 90.2 Å². The van der Waals surface area contributed by atoms with E-state index in [-0.39, 0.29) is 11.5 Å². The van der Waals surface area contributed by atoms with Crippen molar-refractivity contribution in [3.8, 4) is 11.5 Å². The van der Waals surface area contributed by atoms with Crippen LogP contribution < -0.4 is 4.74 Å². The Morgan fingerprint density at radius 1 is 1.33 bits per heavy atom. The second-order valence-corrected chi connectivity index (χ2v) is 3.13. The molecule has 0 bridgehead atoms. The van der Waals surface area contributed by atoms with Crippen LogP contribution in [0.15, 0.2) is 18.2 Å². The van der Waals surface area contributed by atoms with Gasteiger partial charge in [-0.15, -0.1) is 0 Å². The van der Waals surface area contributed by atoms with Crippen molar-refractivity contribution in [2.24, 2.45) is 0 Å². The van der Waals surface area contributed by atoms with Gasteiger partial charge in [-0.05, 0) is 17.7 Å². The van der Waals surface area contributed by atoms with Gasteiger partial charge in [-0.1, -0.05) is 6.07 Å². The minimum atomic E-state index is -1.27. The highest BCUT2D eigenvalue weighted by atomic mass is 16.5. The average molecular weight is 214 g/mol. The Labute approximate surface area is 87.2 Å². The summed E-state index contributed by atoms with van der Waals surface area (Å²) in [7, 11) is 1.41. The van der Waals surface area contributed by atoms with Crippen LogP contribution in [0.3, 0.4) is 0 Å². The molecule has 0 amide bonds. The van der Waals surface area contributed by atoms with E-state index in [1.807, 2.05) is 0 Å². The third-order valence-electron chi connectivity index (χ3n) is 2.10. The molecule has 1 rings (SSSR count). The molecule has 1 aromatic carbocycles. The smallest absolute Gasteiger partial charge is 0.160 e. The summed E-state index contributed by atoms with van der Waals surface area (Å²) in [6.07, 6.45) is -2.50. The van der Waals surface area contributed by atoms with Gasteiger partial charge < -0.3 is 25.2 Å². The van der Waals surface area contributed by atoms with E-state index < -0.39 is 18.8 Å². The van der Waals surface area contributed by atoms with Crippen LogP contribution in [0.4, 0.5) is 0 Å². The van der Waals surface area contributed by atoms with Crippen LogP contribution in [0, 0.1) is 0 Å². The predicted octanol–water partition coefficient (Wildman–Crippen LogP) is -0.213. The van der Waals surface area contributed by atoms with Crippen molar-refractivity contribution in [2.45, 2.75) is 12.2 Å². The molecular formula is C10H14O5. The Kier molecular flexibility index (Phi) is 3.90. The quantitative estimate of drug-likeness (QED) is 0.556. The second kappa shape index (κ2) is 4.97. The number of aromatic hydroxyl groups is 1. The molecule has 4 N–H and O–H groups in total. The van der Waals surface area contributed by atoms with Crippen LogP contribution in [0.5, 0.6) is 11.5 Å². The minimum Gasteiger partial charge on any atom is -0.504 e. The van der Waals surface area contributed by atoms with Gasteiger partial charge in [-0.25, -0.2) is 0 Å². The lowest BCUT2D eigenvalue weighted by Crippen LogP contribution is -2.21. The number of rotatable bonds is 4. The first kappa shape index (κ1) is 11.8. The lowest BCUT2D eigenvalue weighted by Gasteiger charge is -2.16. The Morgan fingerprint density at radius 2 is 2.00 bits per heavy atom. The van der Waals surface area contributed by atoms with E-state index >= 15 is 0 Å². The molecular weight excluding hydrogens is 200 g/mol. The highest BCUT2D eigenvalue weighted by Crippen LogP contribution is 2.29. The van der Waals surface area contributed by atoms with Gasteiger partial charge in [0.2, 0.25) is 0 Å². The summed E-state index contributed by atoms with van der Waals surface area (Å²) in [6.45, 7) is -0.548. The average Bonchev–Trinajstić information content (AvgIpc) is 2.26. The Balaban J connectivity index is 2.92. The number of aliphatic hydroxyl groups is 3. The number of benzene rings is 1. The molecule has 1 aromatic rings. The maximum absolute atomic E-state index is 9.52. The molecule has 0 spiro atoms. The molecule has 0 aromatic heterocycles. The zero-order valence-corrected chi connectivity index (χ0v) is 8.29. The highest BCUT2D eigenvalue weighted by Gasteiger charge is 2.18. The molecule has 15 heavy (non-hydrogen) atoms. The van der Waals surface area contributed by atoms with Crippen LogP contribution in [-0.4, -0.2) is 40.2 Å². The fourth-order valence-corrected chi connectivity index (χ4v) is 1.21. The van der Waals surface area contributed by atoms with Crippen molar-refractivity contribution in [2.75, 3.05) is 13.7 Å². The van der Waals surface area contributed by atoms with Crippen molar-refractivity contribution in [3.63, 3.8) is 0 Å². The fourth-order valence-electron chi connectivity index (χ4n) is 1.21. The van der Waals surface area contributed by atoms with Crippen LogP contribution in [-0.2, 0) is 0 Å². The first-order valence-electron chi connectivity index (χ1n) is 4.44. The van der Waals surface area contributed by atoms with Crippen molar-refractivity contribution in [1.82, 2.24) is 0 Å².